The molecule has 0 rings (SSSR count). The molecule has 0 aromatic heterocycles. The average Bonchev–Trinajstić information content (AvgIpc) is 2.21. The fraction of sp³-hybridized carbons (Fsp3) is 0.750. The number of ether oxygens (including phenoxy) is 1. The van der Waals surface area contributed by atoms with Gasteiger partial charge in [0.15, 0.2) is 0 Å². The maximum absolute atomic E-state index is 11.5. The third kappa shape index (κ3) is 8.30. The molecule has 8 heteroatoms. The molecule has 4 N–H and O–H groups in total. The highest BCUT2D eigenvalue weighted by atomic mass is 16.6. The minimum absolute atomic E-state index is 0.122. The summed E-state index contributed by atoms with van der Waals surface area (Å²) in [5.41, 5.74) is -0.642. The Morgan fingerprint density at radius 1 is 1.20 bits per heavy atom. The summed E-state index contributed by atoms with van der Waals surface area (Å²) in [5, 5.41) is 22.0. The Balaban J connectivity index is 4.20. The first kappa shape index (κ1) is 18.2. The number of carboxylic acid groups (broad SMARTS) is 1. The molecule has 0 aromatic rings. The molecule has 0 aliphatic carbocycles. The lowest BCUT2D eigenvalue weighted by molar-refractivity contribution is -0.143. The van der Waals surface area contributed by atoms with Gasteiger partial charge < -0.3 is 25.6 Å². The van der Waals surface area contributed by atoms with Gasteiger partial charge in [0.25, 0.3) is 0 Å². The second-order valence-electron chi connectivity index (χ2n) is 5.39. The Morgan fingerprint density at radius 2 is 1.75 bits per heavy atom. The molecule has 20 heavy (non-hydrogen) atoms. The third-order valence-corrected chi connectivity index (χ3v) is 2.07. The molecule has 0 fully saturated rings. The highest BCUT2D eigenvalue weighted by Gasteiger charge is 2.22. The zero-order chi connectivity index (χ0) is 15.9. The quantitative estimate of drug-likeness (QED) is 0.539. The molecule has 0 aliphatic heterocycles. The molecular weight excluding hydrogens is 268 g/mol. The van der Waals surface area contributed by atoms with Crippen molar-refractivity contribution in [2.45, 2.75) is 51.8 Å². The van der Waals surface area contributed by atoms with E-state index in [4.69, 9.17) is 14.9 Å². The van der Waals surface area contributed by atoms with Crippen molar-refractivity contribution in [1.29, 1.82) is 0 Å². The van der Waals surface area contributed by atoms with E-state index in [0.717, 1.165) is 0 Å². The lowest BCUT2D eigenvalue weighted by atomic mass is 10.2. The van der Waals surface area contributed by atoms with Crippen molar-refractivity contribution < 1.29 is 29.3 Å². The Bertz CT molecular complexity index is 363. The molecule has 0 aromatic carbocycles. The van der Waals surface area contributed by atoms with Gasteiger partial charge in [-0.05, 0) is 27.7 Å². The molecule has 116 valence electrons. The largest absolute Gasteiger partial charge is 0.480 e. The van der Waals surface area contributed by atoms with E-state index < -0.39 is 42.3 Å². The number of carboxylic acids is 1. The molecule has 2 amide bonds. The van der Waals surface area contributed by atoms with Gasteiger partial charge in [-0.3, -0.25) is 4.79 Å². The normalized spacial score (nSPS) is 14.1. The molecule has 2 atom stereocenters. The molecule has 8 nitrogen and oxygen atoms in total. The van der Waals surface area contributed by atoms with E-state index in [-0.39, 0.29) is 6.42 Å². The zero-order valence-electron chi connectivity index (χ0n) is 12.1. The van der Waals surface area contributed by atoms with Gasteiger partial charge in [0.1, 0.15) is 11.6 Å². The van der Waals surface area contributed by atoms with Crippen LogP contribution in [0.5, 0.6) is 0 Å². The minimum atomic E-state index is -1.35. The monoisotopic (exact) mass is 290 g/mol. The van der Waals surface area contributed by atoms with Gasteiger partial charge in [0.05, 0.1) is 6.61 Å². The number of carbonyl (C=O) groups is 3. The number of nitrogens with one attached hydrogen (secondary N) is 2. The van der Waals surface area contributed by atoms with Crippen molar-refractivity contribution in [3.8, 4) is 0 Å². The first-order chi connectivity index (χ1) is 9.05. The van der Waals surface area contributed by atoms with Crippen LogP contribution < -0.4 is 10.6 Å². The SMILES string of the molecule is CC(CC(=O)N[C@H](CO)C(=O)O)NC(=O)OC(C)(C)C. The molecule has 0 spiro atoms. The van der Waals surface area contributed by atoms with Crippen LogP contribution in [-0.2, 0) is 14.3 Å². The average molecular weight is 290 g/mol. The zero-order valence-corrected chi connectivity index (χ0v) is 12.1. The topological polar surface area (TPSA) is 125 Å². The van der Waals surface area contributed by atoms with Gasteiger partial charge in [-0.15, -0.1) is 0 Å². The summed E-state index contributed by atoms with van der Waals surface area (Å²) in [6.45, 7) is 6.02. The Morgan fingerprint density at radius 3 is 2.15 bits per heavy atom. The summed E-state index contributed by atoms with van der Waals surface area (Å²) >= 11 is 0. The Hall–Kier alpha value is -1.83. The summed E-state index contributed by atoms with van der Waals surface area (Å²) in [5.74, 6) is -1.91. The van der Waals surface area contributed by atoms with Gasteiger partial charge in [-0.25, -0.2) is 9.59 Å². The van der Waals surface area contributed by atoms with E-state index >= 15 is 0 Å². The van der Waals surface area contributed by atoms with Crippen molar-refractivity contribution in [1.82, 2.24) is 10.6 Å². The third-order valence-electron chi connectivity index (χ3n) is 2.07. The van der Waals surface area contributed by atoms with E-state index in [1.807, 2.05) is 0 Å². The molecule has 0 saturated heterocycles. The molecule has 0 heterocycles. The Kier molecular flexibility index (Phi) is 6.98. The fourth-order valence-electron chi connectivity index (χ4n) is 1.28. The van der Waals surface area contributed by atoms with Gasteiger partial charge in [0, 0.05) is 12.5 Å². The van der Waals surface area contributed by atoms with E-state index in [1.54, 1.807) is 27.7 Å². The van der Waals surface area contributed by atoms with Crippen molar-refractivity contribution in [2.24, 2.45) is 0 Å². The smallest absolute Gasteiger partial charge is 0.407 e. The number of hydrogen-bond donors (Lipinski definition) is 4. The fourth-order valence-corrected chi connectivity index (χ4v) is 1.28. The first-order valence-corrected chi connectivity index (χ1v) is 6.17. The van der Waals surface area contributed by atoms with Gasteiger partial charge >= 0.3 is 12.1 Å². The van der Waals surface area contributed by atoms with E-state index in [1.165, 1.54) is 0 Å². The van der Waals surface area contributed by atoms with Gasteiger partial charge in [-0.1, -0.05) is 0 Å². The highest BCUT2D eigenvalue weighted by molar-refractivity contribution is 5.84. The summed E-state index contributed by atoms with van der Waals surface area (Å²) in [6, 6.07) is -1.88. The van der Waals surface area contributed by atoms with Crippen LogP contribution in [0.15, 0.2) is 0 Å². The van der Waals surface area contributed by atoms with Crippen molar-refractivity contribution in [3.05, 3.63) is 0 Å². The van der Waals surface area contributed by atoms with Crippen LogP contribution >= 0.6 is 0 Å². The second-order valence-corrected chi connectivity index (χ2v) is 5.39. The predicted octanol–water partition coefficient (Wildman–Crippen LogP) is -0.149. The van der Waals surface area contributed by atoms with Crippen LogP contribution in [0.25, 0.3) is 0 Å². The standard InChI is InChI=1S/C12H22N2O6/c1-7(13-11(19)20-12(2,3)4)5-9(16)14-8(6-15)10(17)18/h7-8,15H,5-6H2,1-4H3,(H,13,19)(H,14,16)(H,17,18)/t7?,8-/m1/s1. The summed E-state index contributed by atoms with van der Waals surface area (Å²) in [7, 11) is 0. The maximum Gasteiger partial charge on any atom is 0.407 e. The number of carbonyl (C=O) groups excluding carboxylic acids is 2. The Labute approximate surface area is 117 Å². The van der Waals surface area contributed by atoms with E-state index in [0.29, 0.717) is 0 Å². The minimum Gasteiger partial charge on any atom is -0.480 e. The van der Waals surface area contributed by atoms with Crippen molar-refractivity contribution >= 4 is 18.0 Å². The van der Waals surface area contributed by atoms with E-state index in [2.05, 4.69) is 10.6 Å². The van der Waals surface area contributed by atoms with E-state index in [9.17, 15) is 14.4 Å². The highest BCUT2D eigenvalue weighted by Crippen LogP contribution is 2.07. The predicted molar refractivity (Wildman–Crippen MR) is 70.1 cm³/mol. The summed E-state index contributed by atoms with van der Waals surface area (Å²) in [6.07, 6.45) is -0.780. The van der Waals surface area contributed by atoms with Crippen LogP contribution in [0.4, 0.5) is 4.79 Å². The number of aliphatic hydroxyl groups is 1. The molecule has 0 radical (unpaired) electrons. The molecule has 0 bridgehead atoms. The molecule has 0 saturated carbocycles. The number of aliphatic hydroxyl groups excluding tert-OH is 1. The number of hydrogen-bond acceptors (Lipinski definition) is 5. The molecule has 1 unspecified atom stereocenters. The van der Waals surface area contributed by atoms with Crippen molar-refractivity contribution in [3.63, 3.8) is 0 Å². The van der Waals surface area contributed by atoms with Crippen LogP contribution in [0.2, 0.25) is 0 Å². The van der Waals surface area contributed by atoms with Crippen LogP contribution in [0.1, 0.15) is 34.1 Å². The number of alkyl carbamates (subject to hydrolysis) is 1. The van der Waals surface area contributed by atoms with Crippen LogP contribution in [-0.4, -0.2) is 52.5 Å². The van der Waals surface area contributed by atoms with Gasteiger partial charge in [-0.2, -0.15) is 0 Å². The molecule has 0 aliphatic rings. The molecular formula is C12H22N2O6. The second kappa shape index (κ2) is 7.68. The van der Waals surface area contributed by atoms with Crippen LogP contribution in [0, 0.1) is 0 Å². The lowest BCUT2D eigenvalue weighted by Gasteiger charge is -2.22. The number of rotatable bonds is 6. The van der Waals surface area contributed by atoms with Crippen molar-refractivity contribution in [2.75, 3.05) is 6.61 Å². The number of amides is 2. The number of aliphatic carboxylic acids is 1. The van der Waals surface area contributed by atoms with Crippen LogP contribution in [0.3, 0.4) is 0 Å². The summed E-state index contributed by atoms with van der Waals surface area (Å²) < 4.78 is 5.01. The maximum atomic E-state index is 11.5. The lowest BCUT2D eigenvalue weighted by Crippen LogP contribution is -2.46. The first-order valence-electron chi connectivity index (χ1n) is 6.17. The van der Waals surface area contributed by atoms with Gasteiger partial charge in [0.2, 0.25) is 5.91 Å². The summed E-state index contributed by atoms with van der Waals surface area (Å²) in [4.78, 5) is 33.6.